The average Bonchev–Trinajstić information content (AvgIpc) is 2.83. The molecule has 4 rings (SSSR count). The Morgan fingerprint density at radius 3 is 2.55 bits per heavy atom. The third kappa shape index (κ3) is 4.56. The Labute approximate surface area is 188 Å². The van der Waals surface area contributed by atoms with Gasteiger partial charge in [-0.25, -0.2) is 9.18 Å². The molecule has 0 atom stereocenters. The molecule has 1 aliphatic heterocycles. The van der Waals surface area contributed by atoms with E-state index >= 15 is 0 Å². The van der Waals surface area contributed by atoms with Crippen LogP contribution in [0.3, 0.4) is 0 Å². The Bertz CT molecular complexity index is 1270. The summed E-state index contributed by atoms with van der Waals surface area (Å²) < 4.78 is 21.9. The van der Waals surface area contributed by atoms with Gasteiger partial charge < -0.3 is 19.5 Å². The monoisotopic (exact) mass is 454 g/mol. The summed E-state index contributed by atoms with van der Waals surface area (Å²) in [6.45, 7) is 4.99. The lowest BCUT2D eigenvalue weighted by atomic mass is 10.1. The van der Waals surface area contributed by atoms with Crippen molar-refractivity contribution in [2.24, 2.45) is 0 Å². The van der Waals surface area contributed by atoms with Gasteiger partial charge >= 0.3 is 5.97 Å². The summed E-state index contributed by atoms with van der Waals surface area (Å²) in [5, 5.41) is 14.1. The van der Waals surface area contributed by atoms with Crippen LogP contribution >= 0.6 is 0 Å². The number of benzene rings is 2. The second-order valence-corrected chi connectivity index (χ2v) is 7.72. The molecule has 0 spiro atoms. The fraction of sp³-hybridized carbons (Fsp3) is 0.304. The second kappa shape index (κ2) is 9.37. The number of hydrogen-bond donors (Lipinski definition) is 1. The third-order valence-electron chi connectivity index (χ3n) is 5.68. The Balaban J connectivity index is 1.63. The number of aromatic nitrogens is 1. The van der Waals surface area contributed by atoms with Crippen molar-refractivity contribution < 1.29 is 18.8 Å². The molecule has 3 aromatic rings. The highest BCUT2D eigenvalue weighted by molar-refractivity contribution is 5.94. The van der Waals surface area contributed by atoms with Gasteiger partial charge in [-0.05, 0) is 36.8 Å². The molecular weight excluding hydrogens is 431 g/mol. The minimum absolute atomic E-state index is 0.0763. The van der Waals surface area contributed by atoms with E-state index in [1.165, 1.54) is 36.5 Å². The number of nitrogens with one attached hydrogen (secondary N) is 1. The zero-order valence-corrected chi connectivity index (χ0v) is 18.0. The molecule has 1 fully saturated rings. The Kier molecular flexibility index (Phi) is 6.36. The van der Waals surface area contributed by atoms with Crippen molar-refractivity contribution in [3.63, 3.8) is 0 Å². The summed E-state index contributed by atoms with van der Waals surface area (Å²) in [7, 11) is 0. The van der Waals surface area contributed by atoms with Crippen LogP contribution in [0.4, 0.5) is 15.8 Å². The van der Waals surface area contributed by atoms with E-state index in [9.17, 15) is 24.1 Å². The van der Waals surface area contributed by atoms with Crippen molar-refractivity contribution in [2.75, 3.05) is 31.1 Å². The average molecular weight is 454 g/mol. The molecule has 1 N–H and O–H groups in total. The molecule has 10 heteroatoms. The Morgan fingerprint density at radius 2 is 1.91 bits per heavy atom. The van der Waals surface area contributed by atoms with Gasteiger partial charge in [-0.3, -0.25) is 14.9 Å². The van der Waals surface area contributed by atoms with Crippen LogP contribution in [0, 0.1) is 15.9 Å². The van der Waals surface area contributed by atoms with Gasteiger partial charge in [0.15, 0.2) is 0 Å². The van der Waals surface area contributed by atoms with E-state index in [0.717, 1.165) is 13.1 Å². The van der Waals surface area contributed by atoms with Crippen LogP contribution in [0.2, 0.25) is 0 Å². The molecule has 1 aliphatic rings. The van der Waals surface area contributed by atoms with Gasteiger partial charge in [0, 0.05) is 56.4 Å². The van der Waals surface area contributed by atoms with Crippen molar-refractivity contribution >= 4 is 28.2 Å². The summed E-state index contributed by atoms with van der Waals surface area (Å²) in [5.74, 6) is -1.35. The Morgan fingerprint density at radius 1 is 1.21 bits per heavy atom. The summed E-state index contributed by atoms with van der Waals surface area (Å²) in [6.07, 6.45) is 1.43. The number of pyridine rings is 1. The molecular formula is C23H23FN4O5. The van der Waals surface area contributed by atoms with Gasteiger partial charge in [-0.2, -0.15) is 0 Å². The highest BCUT2D eigenvalue weighted by Gasteiger charge is 2.21. The van der Waals surface area contributed by atoms with Crippen molar-refractivity contribution in [1.29, 1.82) is 0 Å². The van der Waals surface area contributed by atoms with Crippen molar-refractivity contribution in [2.45, 2.75) is 20.1 Å². The summed E-state index contributed by atoms with van der Waals surface area (Å²) >= 11 is 0. The molecule has 1 aromatic heterocycles. The first kappa shape index (κ1) is 22.4. The third-order valence-corrected chi connectivity index (χ3v) is 5.68. The number of rotatable bonds is 6. The van der Waals surface area contributed by atoms with Crippen LogP contribution in [0.5, 0.6) is 0 Å². The van der Waals surface area contributed by atoms with Gasteiger partial charge in [0.2, 0.25) is 5.43 Å². The topological polar surface area (TPSA) is 107 Å². The maximum Gasteiger partial charge on any atom is 0.343 e. The predicted molar refractivity (Wildman–Crippen MR) is 121 cm³/mol. The van der Waals surface area contributed by atoms with E-state index in [1.807, 2.05) is 11.8 Å². The maximum absolute atomic E-state index is 14.9. The minimum Gasteiger partial charge on any atom is -0.457 e. The zero-order chi connectivity index (χ0) is 23.5. The van der Waals surface area contributed by atoms with Gasteiger partial charge in [0.05, 0.1) is 16.1 Å². The summed E-state index contributed by atoms with van der Waals surface area (Å²) in [4.78, 5) is 37.9. The van der Waals surface area contributed by atoms with Crippen molar-refractivity contribution in [3.8, 4) is 0 Å². The van der Waals surface area contributed by atoms with Crippen LogP contribution in [-0.2, 0) is 17.9 Å². The number of fused-ring (bicyclic) bond motifs is 1. The smallest absolute Gasteiger partial charge is 0.343 e. The lowest BCUT2D eigenvalue weighted by Crippen LogP contribution is -2.43. The molecule has 0 amide bonds. The number of anilines is 1. The highest BCUT2D eigenvalue weighted by Crippen LogP contribution is 2.26. The van der Waals surface area contributed by atoms with E-state index in [0.29, 0.717) is 36.4 Å². The number of carbonyl (C=O) groups excluding carboxylic acids is 1. The number of ether oxygens (including phenoxy) is 1. The maximum atomic E-state index is 14.9. The molecule has 2 heterocycles. The normalized spacial score (nSPS) is 13.8. The van der Waals surface area contributed by atoms with Crippen LogP contribution in [0.15, 0.2) is 47.4 Å². The van der Waals surface area contributed by atoms with E-state index in [-0.39, 0.29) is 23.2 Å². The standard InChI is InChI=1S/C23H23FN4O5/c1-2-26-13-18(23(30)33-14-15-3-5-16(6-4-15)28(31)32)22(29)17-11-19(24)21(12-20(17)26)27-9-7-25-8-10-27/h3-6,11-13,25H,2,7-10,14H2,1H3. The first-order valence-corrected chi connectivity index (χ1v) is 10.6. The molecule has 0 saturated carbocycles. The SMILES string of the molecule is CCn1cc(C(=O)OCc2ccc([N+](=O)[O-])cc2)c(=O)c2cc(F)c(N3CCNCC3)cc21. The highest BCUT2D eigenvalue weighted by atomic mass is 19.1. The van der Waals surface area contributed by atoms with Gasteiger partial charge in [-0.15, -0.1) is 0 Å². The summed E-state index contributed by atoms with van der Waals surface area (Å²) in [5.41, 5.74) is 0.642. The molecule has 0 radical (unpaired) electrons. The lowest BCUT2D eigenvalue weighted by molar-refractivity contribution is -0.384. The molecule has 172 valence electrons. The largest absolute Gasteiger partial charge is 0.457 e. The predicted octanol–water partition coefficient (Wildman–Crippen LogP) is 2.84. The fourth-order valence-corrected chi connectivity index (χ4v) is 3.90. The molecule has 33 heavy (non-hydrogen) atoms. The zero-order valence-electron chi connectivity index (χ0n) is 18.0. The summed E-state index contributed by atoms with van der Waals surface area (Å²) in [6, 6.07) is 8.41. The number of nitro groups is 1. The lowest BCUT2D eigenvalue weighted by Gasteiger charge is -2.30. The number of nitrogens with zero attached hydrogens (tertiary/aromatic N) is 3. The first-order valence-electron chi connectivity index (χ1n) is 10.6. The Hall–Kier alpha value is -3.79. The number of esters is 1. The molecule has 0 unspecified atom stereocenters. The number of nitro benzene ring substituents is 1. The van der Waals surface area contributed by atoms with Crippen molar-refractivity contribution in [3.05, 3.63) is 79.9 Å². The number of hydrogen-bond acceptors (Lipinski definition) is 7. The number of non-ortho nitro benzene ring substituents is 1. The number of halogens is 1. The van der Waals surface area contributed by atoms with Crippen LogP contribution in [0.25, 0.3) is 10.9 Å². The molecule has 0 aliphatic carbocycles. The van der Waals surface area contributed by atoms with E-state index < -0.39 is 22.1 Å². The van der Waals surface area contributed by atoms with Crippen LogP contribution < -0.4 is 15.6 Å². The van der Waals surface area contributed by atoms with Gasteiger partial charge in [0.1, 0.15) is 18.0 Å². The van der Waals surface area contributed by atoms with E-state index in [2.05, 4.69) is 5.32 Å². The number of carbonyl (C=O) groups is 1. The van der Waals surface area contributed by atoms with Crippen molar-refractivity contribution in [1.82, 2.24) is 9.88 Å². The van der Waals surface area contributed by atoms with Crippen LogP contribution in [0.1, 0.15) is 22.8 Å². The first-order chi connectivity index (χ1) is 15.9. The fourth-order valence-electron chi connectivity index (χ4n) is 3.90. The van der Waals surface area contributed by atoms with E-state index in [1.54, 1.807) is 10.6 Å². The molecule has 2 aromatic carbocycles. The quantitative estimate of drug-likeness (QED) is 0.347. The second-order valence-electron chi connectivity index (χ2n) is 7.72. The number of piperazine rings is 1. The minimum atomic E-state index is -0.839. The van der Waals surface area contributed by atoms with Gasteiger partial charge in [-0.1, -0.05) is 0 Å². The molecule has 9 nitrogen and oxygen atoms in total. The molecule has 1 saturated heterocycles. The van der Waals surface area contributed by atoms with E-state index in [4.69, 9.17) is 4.74 Å². The van der Waals surface area contributed by atoms with Crippen LogP contribution in [-0.4, -0.2) is 41.6 Å². The molecule has 0 bridgehead atoms. The van der Waals surface area contributed by atoms with Gasteiger partial charge in [0.25, 0.3) is 5.69 Å². The number of aryl methyl sites for hydroxylation is 1.